The molecule has 3 aliphatic heterocycles. The molecule has 2 amide bonds. The van der Waals surface area contributed by atoms with Crippen molar-refractivity contribution in [3.8, 4) is 6.01 Å². The Hall–Kier alpha value is -3.60. The Kier molecular flexibility index (Phi) is 7.79. The Bertz CT molecular complexity index is 1260. The van der Waals surface area contributed by atoms with Crippen LogP contribution >= 0.6 is 0 Å². The summed E-state index contributed by atoms with van der Waals surface area (Å²) in [6.45, 7) is 9.18. The van der Waals surface area contributed by atoms with E-state index in [2.05, 4.69) is 28.4 Å². The lowest BCUT2D eigenvalue weighted by atomic mass is 10.1. The zero-order valence-corrected chi connectivity index (χ0v) is 22.4. The van der Waals surface area contributed by atoms with Crippen LogP contribution in [-0.2, 0) is 17.9 Å². The molecule has 11 heteroatoms. The third-order valence-electron chi connectivity index (χ3n) is 7.87. The summed E-state index contributed by atoms with van der Waals surface area (Å²) in [7, 11) is 2.08. The van der Waals surface area contributed by atoms with Gasteiger partial charge in [-0.1, -0.05) is 18.7 Å². The van der Waals surface area contributed by atoms with Crippen LogP contribution in [0, 0.1) is 0 Å². The number of aromatic nitrogens is 2. The Morgan fingerprint density at radius 1 is 1.18 bits per heavy atom. The van der Waals surface area contributed by atoms with Gasteiger partial charge in [0, 0.05) is 48.4 Å². The van der Waals surface area contributed by atoms with Gasteiger partial charge in [-0.15, -0.1) is 0 Å². The molecule has 5 rings (SSSR count). The molecule has 0 spiro atoms. The second-order valence-electron chi connectivity index (χ2n) is 10.5. The zero-order valence-electron chi connectivity index (χ0n) is 22.4. The molecule has 208 valence electrons. The number of rotatable bonds is 7. The molecule has 0 saturated carbocycles. The first-order valence-electron chi connectivity index (χ1n) is 13.3. The Morgan fingerprint density at radius 3 is 2.69 bits per heavy atom. The zero-order chi connectivity index (χ0) is 27.7. The molecule has 2 fully saturated rings. The minimum absolute atomic E-state index is 0.0389. The van der Waals surface area contributed by atoms with E-state index in [1.165, 1.54) is 24.3 Å². The number of benzene rings is 1. The minimum Gasteiger partial charge on any atom is -0.462 e. The number of likely N-dealkylation sites (N-methyl/N-ethyl adjacent to an activating group) is 1. The fourth-order valence-electron chi connectivity index (χ4n) is 5.61. The van der Waals surface area contributed by atoms with Crippen molar-refractivity contribution in [2.24, 2.45) is 0 Å². The van der Waals surface area contributed by atoms with Crippen LogP contribution in [0.1, 0.15) is 53.4 Å². The predicted molar refractivity (Wildman–Crippen MR) is 142 cm³/mol. The number of hydrogen-bond donors (Lipinski definition) is 0. The number of hydrogen-bond acceptors (Lipinski definition) is 7. The van der Waals surface area contributed by atoms with Gasteiger partial charge in [0.25, 0.3) is 12.3 Å². The third kappa shape index (κ3) is 5.59. The van der Waals surface area contributed by atoms with E-state index in [4.69, 9.17) is 9.72 Å². The predicted octanol–water partition coefficient (Wildman–Crippen LogP) is 3.27. The van der Waals surface area contributed by atoms with Crippen molar-refractivity contribution in [3.63, 3.8) is 0 Å². The smallest absolute Gasteiger partial charge is 0.318 e. The summed E-state index contributed by atoms with van der Waals surface area (Å²) in [6.07, 6.45) is 0.835. The third-order valence-corrected chi connectivity index (χ3v) is 7.87. The highest BCUT2D eigenvalue weighted by Gasteiger charge is 2.35. The number of amides is 2. The van der Waals surface area contributed by atoms with Crippen LogP contribution in [0.2, 0.25) is 0 Å². The summed E-state index contributed by atoms with van der Waals surface area (Å²) in [4.78, 5) is 42.8. The lowest BCUT2D eigenvalue weighted by Crippen LogP contribution is -2.54. The average Bonchev–Trinajstić information content (AvgIpc) is 3.56. The van der Waals surface area contributed by atoms with Crippen LogP contribution in [0.15, 0.2) is 36.9 Å². The number of piperazine rings is 1. The van der Waals surface area contributed by atoms with Gasteiger partial charge in [-0.3, -0.25) is 9.59 Å². The number of nitrogens with zero attached hydrogens (tertiary/aromatic N) is 6. The van der Waals surface area contributed by atoms with Crippen molar-refractivity contribution in [2.75, 3.05) is 44.7 Å². The van der Waals surface area contributed by atoms with Crippen LogP contribution in [0.3, 0.4) is 0 Å². The summed E-state index contributed by atoms with van der Waals surface area (Å²) in [5.41, 5.74) is 1.52. The highest BCUT2D eigenvalue weighted by atomic mass is 19.3. The number of alkyl halides is 2. The molecule has 0 bridgehead atoms. The van der Waals surface area contributed by atoms with Crippen LogP contribution < -0.4 is 9.64 Å². The minimum atomic E-state index is -2.65. The van der Waals surface area contributed by atoms with E-state index in [1.54, 1.807) is 15.9 Å². The van der Waals surface area contributed by atoms with E-state index in [9.17, 15) is 18.4 Å². The summed E-state index contributed by atoms with van der Waals surface area (Å²) in [5, 5.41) is 0. The molecule has 0 N–H and O–H groups in total. The molecule has 3 aliphatic rings. The molecule has 0 aliphatic carbocycles. The molecule has 1 aromatic carbocycles. The molecule has 1 aromatic heterocycles. The SMILES string of the molecule is C=CC(=O)N1CCN(c2nc(OC[C@@H]3CCCN3C)nc3c2CN(C(=O)c2cccc(C(F)F)c2)C3)[C@@H](C)C1. The maximum absolute atomic E-state index is 13.3. The number of anilines is 1. The van der Waals surface area contributed by atoms with Crippen LogP contribution in [0.4, 0.5) is 14.6 Å². The van der Waals surface area contributed by atoms with Gasteiger partial charge in [0.15, 0.2) is 0 Å². The Labute approximate surface area is 227 Å². The molecule has 39 heavy (non-hydrogen) atoms. The number of likely N-dealkylation sites (tertiary alicyclic amines) is 1. The molecular formula is C28H34F2N6O3. The molecule has 4 heterocycles. The van der Waals surface area contributed by atoms with Crippen molar-refractivity contribution in [2.45, 2.75) is 51.4 Å². The monoisotopic (exact) mass is 540 g/mol. The topological polar surface area (TPSA) is 82.1 Å². The highest BCUT2D eigenvalue weighted by Crippen LogP contribution is 2.34. The number of ether oxygens (including phenoxy) is 1. The number of carbonyl (C=O) groups excluding carboxylic acids is 2. The van der Waals surface area contributed by atoms with Crippen molar-refractivity contribution in [1.82, 2.24) is 24.7 Å². The molecular weight excluding hydrogens is 506 g/mol. The lowest BCUT2D eigenvalue weighted by Gasteiger charge is -2.40. The molecule has 2 saturated heterocycles. The molecule has 2 atom stereocenters. The van der Waals surface area contributed by atoms with Crippen LogP contribution in [-0.4, -0.2) is 88.4 Å². The standard InChI is InChI=1S/C28H34F2N6O3/c1-4-24(37)34-11-12-36(18(2)14-34)26-22-15-35(27(38)20-8-5-7-19(13-20)25(29)30)16-23(22)31-28(32-26)39-17-21-9-6-10-33(21)3/h4-5,7-8,13,18,21,25H,1,6,9-12,14-17H2,2-3H3/t18-,21-/m0/s1. The summed E-state index contributed by atoms with van der Waals surface area (Å²) in [6, 6.07) is 6.09. The van der Waals surface area contributed by atoms with E-state index >= 15 is 0 Å². The summed E-state index contributed by atoms with van der Waals surface area (Å²) >= 11 is 0. The van der Waals surface area contributed by atoms with Crippen molar-refractivity contribution in [1.29, 1.82) is 0 Å². The van der Waals surface area contributed by atoms with Gasteiger partial charge in [0.05, 0.1) is 18.8 Å². The van der Waals surface area contributed by atoms with Gasteiger partial charge < -0.3 is 24.3 Å². The van der Waals surface area contributed by atoms with Gasteiger partial charge in [-0.25, -0.2) is 8.78 Å². The molecule has 9 nitrogen and oxygen atoms in total. The second kappa shape index (κ2) is 11.3. The van der Waals surface area contributed by atoms with E-state index in [1.807, 2.05) is 6.92 Å². The number of carbonyl (C=O) groups is 2. The van der Waals surface area contributed by atoms with Gasteiger partial charge in [0.2, 0.25) is 5.91 Å². The number of fused-ring (bicyclic) bond motifs is 1. The van der Waals surface area contributed by atoms with Crippen LogP contribution in [0.25, 0.3) is 0 Å². The molecule has 0 radical (unpaired) electrons. The first-order chi connectivity index (χ1) is 18.7. The first kappa shape index (κ1) is 27.0. The highest BCUT2D eigenvalue weighted by molar-refractivity contribution is 5.95. The van der Waals surface area contributed by atoms with E-state index in [0.717, 1.165) is 24.9 Å². The van der Waals surface area contributed by atoms with Gasteiger partial charge in [-0.05, 0) is 51.6 Å². The summed E-state index contributed by atoms with van der Waals surface area (Å²) < 4.78 is 32.6. The van der Waals surface area contributed by atoms with Crippen molar-refractivity contribution >= 4 is 17.6 Å². The lowest BCUT2D eigenvalue weighted by molar-refractivity contribution is -0.126. The van der Waals surface area contributed by atoms with Gasteiger partial charge in [0.1, 0.15) is 12.4 Å². The second-order valence-corrected chi connectivity index (χ2v) is 10.5. The molecule has 0 unspecified atom stereocenters. The summed E-state index contributed by atoms with van der Waals surface area (Å²) in [5.74, 6) is 0.234. The quantitative estimate of drug-likeness (QED) is 0.499. The fraction of sp³-hybridized carbons (Fsp3) is 0.500. The fourth-order valence-corrected chi connectivity index (χ4v) is 5.61. The van der Waals surface area contributed by atoms with E-state index in [0.29, 0.717) is 37.8 Å². The largest absolute Gasteiger partial charge is 0.462 e. The normalized spacial score (nSPS) is 21.4. The molecule has 2 aromatic rings. The van der Waals surface area contributed by atoms with E-state index < -0.39 is 6.43 Å². The van der Waals surface area contributed by atoms with Gasteiger partial charge >= 0.3 is 6.01 Å². The average molecular weight is 541 g/mol. The maximum Gasteiger partial charge on any atom is 0.318 e. The number of halogens is 2. The van der Waals surface area contributed by atoms with Crippen LogP contribution in [0.5, 0.6) is 6.01 Å². The van der Waals surface area contributed by atoms with Gasteiger partial charge in [-0.2, -0.15) is 9.97 Å². The van der Waals surface area contributed by atoms with Crippen molar-refractivity contribution in [3.05, 3.63) is 59.3 Å². The maximum atomic E-state index is 13.3. The van der Waals surface area contributed by atoms with Crippen molar-refractivity contribution < 1.29 is 23.1 Å². The Morgan fingerprint density at radius 2 is 2.00 bits per heavy atom. The van der Waals surface area contributed by atoms with E-state index in [-0.39, 0.29) is 54.1 Å². The Balaban J connectivity index is 1.42. The first-order valence-corrected chi connectivity index (χ1v) is 13.3.